The first-order valence-corrected chi connectivity index (χ1v) is 5.65. The fourth-order valence-electron chi connectivity index (χ4n) is 1.34. The van der Waals surface area contributed by atoms with Gasteiger partial charge in [-0.1, -0.05) is 0 Å². The second-order valence-electron chi connectivity index (χ2n) is 3.25. The fraction of sp³-hybridized carbons (Fsp3) is 0.455. The molecule has 3 nitrogen and oxygen atoms in total. The van der Waals surface area contributed by atoms with Gasteiger partial charge < -0.3 is 15.2 Å². The highest BCUT2D eigenvalue weighted by Crippen LogP contribution is 2.35. The first-order valence-electron chi connectivity index (χ1n) is 4.86. The molecule has 0 saturated heterocycles. The molecule has 1 aromatic rings. The zero-order chi connectivity index (χ0) is 11.4. The van der Waals surface area contributed by atoms with E-state index in [0.717, 1.165) is 21.5 Å². The van der Waals surface area contributed by atoms with Crippen molar-refractivity contribution in [3.63, 3.8) is 0 Å². The molecule has 0 fully saturated rings. The van der Waals surface area contributed by atoms with E-state index >= 15 is 0 Å². The van der Waals surface area contributed by atoms with Crippen LogP contribution >= 0.6 is 15.9 Å². The van der Waals surface area contributed by atoms with Crippen molar-refractivity contribution in [1.29, 1.82) is 0 Å². The van der Waals surface area contributed by atoms with Crippen molar-refractivity contribution in [2.75, 3.05) is 13.7 Å². The van der Waals surface area contributed by atoms with Gasteiger partial charge in [-0.05, 0) is 35.8 Å². The summed E-state index contributed by atoms with van der Waals surface area (Å²) in [5.41, 5.74) is 6.84. The monoisotopic (exact) mass is 273 g/mol. The predicted molar refractivity (Wildman–Crippen MR) is 64.5 cm³/mol. The van der Waals surface area contributed by atoms with E-state index in [1.54, 1.807) is 7.11 Å². The molecule has 1 atom stereocenters. The lowest BCUT2D eigenvalue weighted by Crippen LogP contribution is -2.08. The predicted octanol–water partition coefficient (Wildman–Crippen LogP) is 2.88. The van der Waals surface area contributed by atoms with Crippen LogP contribution in [0, 0.1) is 0 Å². The molecule has 1 unspecified atom stereocenters. The van der Waals surface area contributed by atoms with Gasteiger partial charge in [-0.15, -0.1) is 0 Å². The number of rotatable bonds is 4. The van der Waals surface area contributed by atoms with Gasteiger partial charge in [-0.25, -0.2) is 0 Å². The van der Waals surface area contributed by atoms with Crippen LogP contribution in [0.1, 0.15) is 25.5 Å². The van der Waals surface area contributed by atoms with E-state index < -0.39 is 0 Å². The molecule has 0 aliphatic heterocycles. The van der Waals surface area contributed by atoms with Crippen LogP contribution < -0.4 is 15.2 Å². The van der Waals surface area contributed by atoms with E-state index in [2.05, 4.69) is 15.9 Å². The van der Waals surface area contributed by atoms with Gasteiger partial charge in [0, 0.05) is 17.7 Å². The summed E-state index contributed by atoms with van der Waals surface area (Å²) in [4.78, 5) is 0. The maximum Gasteiger partial charge on any atom is 0.136 e. The highest BCUT2D eigenvalue weighted by molar-refractivity contribution is 9.10. The number of nitrogens with two attached hydrogens (primary N) is 1. The minimum absolute atomic E-state index is 0.0613. The number of halogens is 1. The summed E-state index contributed by atoms with van der Waals surface area (Å²) in [6.45, 7) is 4.49. The molecule has 0 amide bonds. The first kappa shape index (κ1) is 12.3. The fourth-order valence-corrected chi connectivity index (χ4v) is 1.87. The van der Waals surface area contributed by atoms with E-state index in [0.29, 0.717) is 6.61 Å². The van der Waals surface area contributed by atoms with Crippen molar-refractivity contribution in [1.82, 2.24) is 0 Å². The third kappa shape index (κ3) is 2.86. The molecule has 1 rings (SSSR count). The number of hydrogen-bond acceptors (Lipinski definition) is 3. The molecule has 15 heavy (non-hydrogen) atoms. The van der Waals surface area contributed by atoms with E-state index in [9.17, 15) is 0 Å². The van der Waals surface area contributed by atoms with E-state index in [-0.39, 0.29) is 6.04 Å². The molecule has 0 aromatic heterocycles. The lowest BCUT2D eigenvalue weighted by atomic mass is 10.1. The molecular weight excluding hydrogens is 258 g/mol. The van der Waals surface area contributed by atoms with Gasteiger partial charge >= 0.3 is 0 Å². The van der Waals surface area contributed by atoms with Crippen LogP contribution in [0.3, 0.4) is 0 Å². The Hall–Kier alpha value is -0.740. The van der Waals surface area contributed by atoms with E-state index in [1.807, 2.05) is 26.0 Å². The Morgan fingerprint density at radius 2 is 2.07 bits per heavy atom. The molecular formula is C11H16BrNO2. The summed E-state index contributed by atoms with van der Waals surface area (Å²) in [6, 6.07) is 3.73. The Morgan fingerprint density at radius 3 is 2.53 bits per heavy atom. The largest absolute Gasteiger partial charge is 0.495 e. The molecule has 84 valence electrons. The minimum Gasteiger partial charge on any atom is -0.495 e. The van der Waals surface area contributed by atoms with Crippen LogP contribution in [0.25, 0.3) is 0 Å². The zero-order valence-corrected chi connectivity index (χ0v) is 10.8. The highest BCUT2D eigenvalue weighted by atomic mass is 79.9. The van der Waals surface area contributed by atoms with Crippen LogP contribution in [-0.4, -0.2) is 13.7 Å². The second-order valence-corrected chi connectivity index (χ2v) is 4.10. The molecule has 0 aliphatic rings. The van der Waals surface area contributed by atoms with Crippen molar-refractivity contribution in [2.24, 2.45) is 5.73 Å². The molecule has 0 aliphatic carbocycles. The average molecular weight is 274 g/mol. The van der Waals surface area contributed by atoms with Crippen molar-refractivity contribution in [3.8, 4) is 11.5 Å². The van der Waals surface area contributed by atoms with Gasteiger partial charge in [0.25, 0.3) is 0 Å². The Bertz CT molecular complexity index is 340. The maximum atomic E-state index is 5.86. The Morgan fingerprint density at radius 1 is 1.40 bits per heavy atom. The lowest BCUT2D eigenvalue weighted by Gasteiger charge is -2.15. The highest BCUT2D eigenvalue weighted by Gasteiger charge is 2.12. The van der Waals surface area contributed by atoms with Crippen LogP contribution in [0.5, 0.6) is 11.5 Å². The molecule has 1 aromatic carbocycles. The van der Waals surface area contributed by atoms with Crippen LogP contribution in [0.4, 0.5) is 0 Å². The van der Waals surface area contributed by atoms with Gasteiger partial charge in [0.15, 0.2) is 0 Å². The molecule has 0 heterocycles. The lowest BCUT2D eigenvalue weighted by molar-refractivity contribution is 0.330. The number of ether oxygens (including phenoxy) is 2. The molecule has 0 saturated carbocycles. The van der Waals surface area contributed by atoms with Gasteiger partial charge in [-0.3, -0.25) is 0 Å². The third-order valence-electron chi connectivity index (χ3n) is 2.07. The van der Waals surface area contributed by atoms with E-state index in [4.69, 9.17) is 15.2 Å². The maximum absolute atomic E-state index is 5.86. The molecule has 4 heteroatoms. The first-order chi connectivity index (χ1) is 7.10. The molecule has 2 N–H and O–H groups in total. The standard InChI is InChI=1S/C11H16BrNO2/c1-4-15-10-6-11(14-3)9(12)5-8(10)7(2)13/h5-7H,4,13H2,1-3H3. The summed E-state index contributed by atoms with van der Waals surface area (Å²) in [5.74, 6) is 1.54. The van der Waals surface area contributed by atoms with Gasteiger partial charge in [0.05, 0.1) is 18.2 Å². The third-order valence-corrected chi connectivity index (χ3v) is 2.69. The van der Waals surface area contributed by atoms with Crippen molar-refractivity contribution >= 4 is 15.9 Å². The Kier molecular flexibility index (Phi) is 4.42. The summed E-state index contributed by atoms with van der Waals surface area (Å²) in [5, 5.41) is 0. The average Bonchev–Trinajstić information content (AvgIpc) is 2.20. The van der Waals surface area contributed by atoms with E-state index in [1.165, 1.54) is 0 Å². The SMILES string of the molecule is CCOc1cc(OC)c(Br)cc1C(C)N. The summed E-state index contributed by atoms with van der Waals surface area (Å²) in [7, 11) is 1.63. The summed E-state index contributed by atoms with van der Waals surface area (Å²) >= 11 is 3.42. The van der Waals surface area contributed by atoms with Crippen molar-refractivity contribution in [2.45, 2.75) is 19.9 Å². The molecule has 0 spiro atoms. The quantitative estimate of drug-likeness (QED) is 0.918. The zero-order valence-electron chi connectivity index (χ0n) is 9.21. The second kappa shape index (κ2) is 5.37. The normalized spacial score (nSPS) is 12.3. The van der Waals surface area contributed by atoms with Crippen LogP contribution in [0.2, 0.25) is 0 Å². The number of benzene rings is 1. The number of hydrogen-bond donors (Lipinski definition) is 1. The van der Waals surface area contributed by atoms with Gasteiger partial charge in [0.1, 0.15) is 11.5 Å². The summed E-state index contributed by atoms with van der Waals surface area (Å²) in [6.07, 6.45) is 0. The van der Waals surface area contributed by atoms with Crippen molar-refractivity contribution in [3.05, 3.63) is 22.2 Å². The van der Waals surface area contributed by atoms with Crippen molar-refractivity contribution < 1.29 is 9.47 Å². The van der Waals surface area contributed by atoms with Gasteiger partial charge in [-0.2, -0.15) is 0 Å². The van der Waals surface area contributed by atoms with Crippen LogP contribution in [0.15, 0.2) is 16.6 Å². The van der Waals surface area contributed by atoms with Crippen LogP contribution in [-0.2, 0) is 0 Å². The molecule has 0 bridgehead atoms. The summed E-state index contributed by atoms with van der Waals surface area (Å²) < 4.78 is 11.6. The Labute approximate surface area is 98.7 Å². The smallest absolute Gasteiger partial charge is 0.136 e. The Balaban J connectivity index is 3.19. The topological polar surface area (TPSA) is 44.5 Å². The minimum atomic E-state index is -0.0613. The molecule has 0 radical (unpaired) electrons. The number of methoxy groups -OCH3 is 1. The van der Waals surface area contributed by atoms with Gasteiger partial charge in [0.2, 0.25) is 0 Å².